The Balaban J connectivity index is 2.28. The summed E-state index contributed by atoms with van der Waals surface area (Å²) >= 11 is 4.36. The van der Waals surface area contributed by atoms with Gasteiger partial charge in [-0.3, -0.25) is 9.59 Å². The smallest absolute Gasteiger partial charge is 0.222 e. The maximum atomic E-state index is 12.8. The third-order valence-electron chi connectivity index (χ3n) is 6.13. The number of likely N-dealkylation sites (tertiary alicyclic amines) is 1. The molecular formula is C21H39N5O6S4. The van der Waals surface area contributed by atoms with E-state index in [9.17, 15) is 19.4 Å². The molecule has 3 atom stereocenters. The minimum Gasteiger partial charge on any atom is -0.339 e. The maximum absolute atomic E-state index is 12.8. The van der Waals surface area contributed by atoms with Crippen LogP contribution in [0.1, 0.15) is 83.5 Å². The second-order valence-corrected chi connectivity index (χ2v) is 12.4. The lowest BCUT2D eigenvalue weighted by Gasteiger charge is -2.24. The van der Waals surface area contributed by atoms with Crippen LogP contribution in [0.4, 0.5) is 0 Å². The number of nitrogens with zero attached hydrogens (tertiary/aromatic N) is 3. The zero-order valence-electron chi connectivity index (χ0n) is 20.6. The van der Waals surface area contributed by atoms with Crippen LogP contribution in [0.15, 0.2) is 9.16 Å². The van der Waals surface area contributed by atoms with E-state index in [0.717, 1.165) is 112 Å². The Morgan fingerprint density at radius 3 is 1.94 bits per heavy atom. The molecule has 0 aromatic heterocycles. The quantitative estimate of drug-likeness (QED) is 0.0482. The predicted molar refractivity (Wildman–Crippen MR) is 150 cm³/mol. The van der Waals surface area contributed by atoms with Crippen LogP contribution in [-0.4, -0.2) is 51.2 Å². The fourth-order valence-electron chi connectivity index (χ4n) is 4.30. The van der Waals surface area contributed by atoms with Crippen molar-refractivity contribution in [1.29, 1.82) is 0 Å². The highest BCUT2D eigenvalue weighted by atomic mass is 32.2. The molecule has 4 N–H and O–H groups in total. The lowest BCUT2D eigenvalue weighted by molar-refractivity contribution is -0.133. The van der Waals surface area contributed by atoms with Crippen molar-refractivity contribution in [2.24, 2.45) is 21.0 Å². The molecule has 0 bridgehead atoms. The third-order valence-corrected chi connectivity index (χ3v) is 8.91. The average molecular weight is 586 g/mol. The Kier molecular flexibility index (Phi) is 21.1. The van der Waals surface area contributed by atoms with Crippen LogP contribution >= 0.6 is 48.0 Å². The lowest BCUT2D eigenvalue weighted by atomic mass is 10.0. The largest absolute Gasteiger partial charge is 0.339 e. The molecule has 1 heterocycles. The highest BCUT2D eigenvalue weighted by Gasteiger charge is 2.29. The number of hydrogen-bond donors (Lipinski definition) is 2. The van der Waals surface area contributed by atoms with Gasteiger partial charge in [-0.05, 0) is 51.4 Å². The van der Waals surface area contributed by atoms with Gasteiger partial charge in [0, 0.05) is 111 Å². The van der Waals surface area contributed by atoms with Crippen LogP contribution in [0.2, 0.25) is 0 Å². The first-order valence-electron chi connectivity index (χ1n) is 12.3. The summed E-state index contributed by atoms with van der Waals surface area (Å²) < 4.78 is 14.8. The standard InChI is InChI=1S/C21H39N5O6S4/c22-31-33-14-11-19(35-24-29)8-2-1-7-18(27)16-17-6-5-13-26(17)21(28)10-4-3-9-20(36-25-30)12-15-34-32-23/h17,19-20H,1-16,22-23H2. The molecule has 1 aliphatic rings. The number of nitroso groups, excluding NO2 is 2. The van der Waals surface area contributed by atoms with Crippen molar-refractivity contribution in [2.75, 3.05) is 18.1 Å². The molecule has 0 aromatic rings. The molecule has 1 saturated heterocycles. The van der Waals surface area contributed by atoms with Gasteiger partial charge >= 0.3 is 0 Å². The molecule has 1 aliphatic heterocycles. The van der Waals surface area contributed by atoms with Gasteiger partial charge in [0.05, 0.1) is 0 Å². The van der Waals surface area contributed by atoms with E-state index in [1.807, 2.05) is 4.90 Å². The number of carbonyl (C=O) groups is 2. The van der Waals surface area contributed by atoms with Gasteiger partial charge in [-0.1, -0.05) is 12.8 Å². The molecule has 1 amide bonds. The minimum atomic E-state index is -0.00305. The Bertz CT molecular complexity index is 640. The van der Waals surface area contributed by atoms with Gasteiger partial charge in [0.25, 0.3) is 0 Å². The van der Waals surface area contributed by atoms with E-state index >= 15 is 0 Å². The van der Waals surface area contributed by atoms with Crippen molar-refractivity contribution in [1.82, 2.24) is 4.90 Å². The van der Waals surface area contributed by atoms with Gasteiger partial charge in [-0.15, -0.1) is 9.81 Å². The van der Waals surface area contributed by atoms with Gasteiger partial charge < -0.3 is 4.90 Å². The molecule has 11 nitrogen and oxygen atoms in total. The summed E-state index contributed by atoms with van der Waals surface area (Å²) in [5.74, 6) is 11.7. The number of nitrogens with two attached hydrogens (primary N) is 2. The molecule has 3 unspecified atom stereocenters. The normalized spacial score (nSPS) is 17.2. The first-order chi connectivity index (χ1) is 17.5. The number of carbonyl (C=O) groups excluding carboxylic acids is 2. The number of hydrogen-bond acceptors (Lipinski definition) is 14. The van der Waals surface area contributed by atoms with Crippen molar-refractivity contribution < 1.29 is 18.2 Å². The van der Waals surface area contributed by atoms with E-state index in [1.165, 1.54) is 0 Å². The fraction of sp³-hybridized carbons (Fsp3) is 0.905. The third kappa shape index (κ3) is 15.7. The Labute approximate surface area is 231 Å². The zero-order valence-corrected chi connectivity index (χ0v) is 23.9. The van der Waals surface area contributed by atoms with E-state index in [4.69, 9.17) is 11.8 Å². The van der Waals surface area contributed by atoms with Crippen LogP contribution in [0, 0.1) is 9.81 Å². The number of ketones is 1. The lowest BCUT2D eigenvalue weighted by Crippen LogP contribution is -2.36. The van der Waals surface area contributed by atoms with Crippen molar-refractivity contribution in [3.8, 4) is 0 Å². The van der Waals surface area contributed by atoms with E-state index in [-0.39, 0.29) is 28.2 Å². The highest BCUT2D eigenvalue weighted by Crippen LogP contribution is 2.27. The Morgan fingerprint density at radius 2 is 1.42 bits per heavy atom. The van der Waals surface area contributed by atoms with E-state index in [1.54, 1.807) is 0 Å². The summed E-state index contributed by atoms with van der Waals surface area (Å²) in [6.45, 7) is 0.711. The van der Waals surface area contributed by atoms with Crippen LogP contribution in [0.3, 0.4) is 0 Å². The predicted octanol–water partition coefficient (Wildman–Crippen LogP) is 5.48. The molecule has 1 fully saturated rings. The highest BCUT2D eigenvalue weighted by molar-refractivity contribution is 7.99. The Morgan fingerprint density at radius 1 is 0.861 bits per heavy atom. The molecule has 36 heavy (non-hydrogen) atoms. The average Bonchev–Trinajstić information content (AvgIpc) is 3.32. The summed E-state index contributed by atoms with van der Waals surface area (Å²) in [4.78, 5) is 48.4. The second-order valence-electron chi connectivity index (χ2n) is 8.64. The molecule has 0 aromatic carbocycles. The molecule has 0 saturated carbocycles. The molecule has 15 heteroatoms. The van der Waals surface area contributed by atoms with Gasteiger partial charge in [0.15, 0.2) is 0 Å². The summed E-state index contributed by atoms with van der Waals surface area (Å²) in [6.07, 6.45) is 9.48. The summed E-state index contributed by atoms with van der Waals surface area (Å²) in [7, 11) is 0. The van der Waals surface area contributed by atoms with E-state index in [2.05, 4.69) is 17.7 Å². The maximum Gasteiger partial charge on any atom is 0.222 e. The Hall–Kier alpha value is -0.420. The first kappa shape index (κ1) is 33.6. The summed E-state index contributed by atoms with van der Waals surface area (Å²) in [6, 6.07) is -0.00305. The SMILES string of the molecule is NOSCCC(CCCCC(=O)CC1CCCN1C(=O)CCCCC(CCSON)SN=O)SN=O. The number of Topliss-reactive ketones (excluding diaryl/α,β-unsaturated/α-hetero) is 1. The zero-order chi connectivity index (χ0) is 26.4. The van der Waals surface area contributed by atoms with Crippen LogP contribution in [0.5, 0.6) is 0 Å². The summed E-state index contributed by atoms with van der Waals surface area (Å²) in [5, 5.41) is 0.199. The van der Waals surface area contributed by atoms with Crippen LogP contribution < -0.4 is 11.8 Å². The van der Waals surface area contributed by atoms with Crippen molar-refractivity contribution in [3.05, 3.63) is 9.81 Å². The fourth-order valence-corrected chi connectivity index (χ4v) is 6.79. The number of rotatable bonds is 24. The molecule has 208 valence electrons. The van der Waals surface area contributed by atoms with Crippen LogP contribution in [-0.2, 0) is 18.2 Å². The summed E-state index contributed by atoms with van der Waals surface area (Å²) in [5.41, 5.74) is 0. The van der Waals surface area contributed by atoms with Crippen molar-refractivity contribution in [2.45, 2.75) is 100 Å². The molecular weight excluding hydrogens is 547 g/mol. The minimum absolute atomic E-state index is 0.00305. The van der Waals surface area contributed by atoms with Gasteiger partial charge in [-0.2, -0.15) is 0 Å². The topological polar surface area (TPSA) is 167 Å². The first-order valence-corrected chi connectivity index (χ1v) is 15.8. The van der Waals surface area contributed by atoms with Gasteiger partial charge in [0.2, 0.25) is 5.91 Å². The number of unbranched alkanes of at least 4 members (excludes halogenated alkanes) is 2. The van der Waals surface area contributed by atoms with Crippen molar-refractivity contribution in [3.63, 3.8) is 0 Å². The molecule has 0 spiro atoms. The monoisotopic (exact) mass is 585 g/mol. The molecule has 0 radical (unpaired) electrons. The van der Waals surface area contributed by atoms with Gasteiger partial charge in [0.1, 0.15) is 5.78 Å². The number of amides is 1. The van der Waals surface area contributed by atoms with E-state index in [0.29, 0.717) is 37.3 Å². The molecule has 0 aliphatic carbocycles. The van der Waals surface area contributed by atoms with Crippen LogP contribution in [0.25, 0.3) is 0 Å². The second kappa shape index (κ2) is 22.6. The van der Waals surface area contributed by atoms with Crippen molar-refractivity contribution >= 4 is 59.7 Å². The molecule has 1 rings (SSSR count). The van der Waals surface area contributed by atoms with Gasteiger partial charge in [-0.25, -0.2) is 20.4 Å². The van der Waals surface area contributed by atoms with E-state index < -0.39 is 0 Å².